The first-order valence-corrected chi connectivity index (χ1v) is 13.5. The van der Waals surface area contributed by atoms with Gasteiger partial charge in [-0.1, -0.05) is 55.8 Å². The van der Waals surface area contributed by atoms with Crippen LogP contribution in [-0.2, 0) is 25.5 Å². The van der Waals surface area contributed by atoms with E-state index in [1.807, 2.05) is 0 Å². The molecule has 0 aliphatic rings. The number of aryl methyl sites for hydroxylation is 1. The lowest BCUT2D eigenvalue weighted by atomic mass is 10.1. The number of ether oxygens (including phenoxy) is 4. The molecule has 0 unspecified atom stereocenters. The van der Waals surface area contributed by atoms with E-state index >= 15 is 0 Å². The van der Waals surface area contributed by atoms with Crippen LogP contribution < -0.4 is 4.90 Å². The lowest BCUT2D eigenvalue weighted by molar-refractivity contribution is -0.890. The summed E-state index contributed by atoms with van der Waals surface area (Å²) in [6, 6.07) is 19.2. The highest BCUT2D eigenvalue weighted by Gasteiger charge is 2.13. The molecule has 0 spiro atoms. The molecule has 202 valence electrons. The number of benzene rings is 2. The van der Waals surface area contributed by atoms with Gasteiger partial charge in [0.25, 0.3) is 0 Å². The molecule has 0 heterocycles. The Morgan fingerprint density at radius 3 is 1.92 bits per heavy atom. The molecular formula is C30H49N2O4+. The van der Waals surface area contributed by atoms with Crippen molar-refractivity contribution in [1.29, 1.82) is 0 Å². The Labute approximate surface area is 219 Å². The van der Waals surface area contributed by atoms with Crippen LogP contribution in [0.4, 0.5) is 5.69 Å². The highest BCUT2D eigenvalue weighted by atomic mass is 16.6. The molecular weight excluding hydrogens is 452 g/mol. The van der Waals surface area contributed by atoms with E-state index in [0.717, 1.165) is 30.7 Å². The van der Waals surface area contributed by atoms with Gasteiger partial charge in [0.2, 0.25) is 0 Å². The van der Waals surface area contributed by atoms with E-state index in [4.69, 9.17) is 18.9 Å². The summed E-state index contributed by atoms with van der Waals surface area (Å²) < 4.78 is 23.8. The monoisotopic (exact) mass is 501 g/mol. The Kier molecular flexibility index (Phi) is 15.4. The van der Waals surface area contributed by atoms with Crippen molar-refractivity contribution < 1.29 is 23.4 Å². The van der Waals surface area contributed by atoms with Crippen molar-refractivity contribution in [3.63, 3.8) is 0 Å². The van der Waals surface area contributed by atoms with Crippen LogP contribution >= 0.6 is 0 Å². The first-order chi connectivity index (χ1) is 17.5. The van der Waals surface area contributed by atoms with Crippen LogP contribution in [0.1, 0.15) is 30.9 Å². The van der Waals surface area contributed by atoms with Gasteiger partial charge in [0.15, 0.2) is 0 Å². The maximum atomic E-state index is 5.85. The predicted octanol–water partition coefficient (Wildman–Crippen LogP) is 4.94. The fourth-order valence-electron chi connectivity index (χ4n) is 3.87. The molecule has 0 amide bonds. The van der Waals surface area contributed by atoms with E-state index in [1.54, 1.807) is 0 Å². The number of unbranched alkanes of at least 4 members (excludes halogenated alkanes) is 1. The van der Waals surface area contributed by atoms with Crippen molar-refractivity contribution in [3.8, 4) is 0 Å². The molecule has 0 radical (unpaired) electrons. The lowest BCUT2D eigenvalue weighted by Gasteiger charge is -2.29. The van der Waals surface area contributed by atoms with Gasteiger partial charge in [0.1, 0.15) is 6.54 Å². The minimum Gasteiger partial charge on any atom is -0.377 e. The number of nitrogens with zero attached hydrogens (tertiary/aromatic N) is 2. The zero-order valence-electron chi connectivity index (χ0n) is 23.1. The standard InChI is InChI=1S/C30H49N2O4/c1-5-6-16-32(3,4)17-19-34-21-23-36-25-24-35-22-20-33-18-15-31(27-29-12-8-7-9-13-29)30-14-10-11-28(2)26-30/h7-14,26H,5-6,15-25,27H2,1-4H3/q+1. The van der Waals surface area contributed by atoms with Crippen LogP contribution in [0.3, 0.4) is 0 Å². The molecule has 0 saturated carbocycles. The fourth-order valence-corrected chi connectivity index (χ4v) is 3.87. The zero-order chi connectivity index (χ0) is 25.9. The minimum absolute atomic E-state index is 0.577. The smallest absolute Gasteiger partial charge is 0.102 e. The van der Waals surface area contributed by atoms with Crippen LogP contribution in [0.2, 0.25) is 0 Å². The van der Waals surface area contributed by atoms with E-state index in [2.05, 4.69) is 87.4 Å². The van der Waals surface area contributed by atoms with Crippen molar-refractivity contribution in [2.45, 2.75) is 33.2 Å². The van der Waals surface area contributed by atoms with E-state index < -0.39 is 0 Å². The third-order valence-electron chi connectivity index (χ3n) is 6.16. The number of rotatable bonds is 21. The van der Waals surface area contributed by atoms with Crippen molar-refractivity contribution in [3.05, 3.63) is 65.7 Å². The van der Waals surface area contributed by atoms with E-state index in [-0.39, 0.29) is 0 Å². The SMILES string of the molecule is CCCC[N+](C)(C)CCOCCOCCOCCOCCN(Cc1ccccc1)c1cccc(C)c1. The van der Waals surface area contributed by atoms with Gasteiger partial charge in [-0.2, -0.15) is 0 Å². The van der Waals surface area contributed by atoms with Gasteiger partial charge in [-0.3, -0.25) is 0 Å². The van der Waals surface area contributed by atoms with Crippen molar-refractivity contribution >= 4 is 5.69 Å². The van der Waals surface area contributed by atoms with Gasteiger partial charge in [-0.15, -0.1) is 0 Å². The molecule has 36 heavy (non-hydrogen) atoms. The Balaban J connectivity index is 1.49. The molecule has 0 aromatic heterocycles. The van der Waals surface area contributed by atoms with Gasteiger partial charge in [0.05, 0.1) is 73.5 Å². The molecule has 0 N–H and O–H groups in total. The molecule has 0 saturated heterocycles. The Morgan fingerprint density at radius 1 is 0.694 bits per heavy atom. The van der Waals surface area contributed by atoms with Crippen LogP contribution in [0.15, 0.2) is 54.6 Å². The number of quaternary nitrogens is 1. The average molecular weight is 502 g/mol. The van der Waals surface area contributed by atoms with Crippen molar-refractivity contribution in [1.82, 2.24) is 0 Å². The topological polar surface area (TPSA) is 40.2 Å². The second-order valence-electron chi connectivity index (χ2n) is 9.93. The molecule has 0 aliphatic heterocycles. The van der Waals surface area contributed by atoms with Crippen molar-refractivity contribution in [2.75, 3.05) is 91.5 Å². The quantitative estimate of drug-likeness (QED) is 0.179. The molecule has 0 bridgehead atoms. The molecule has 6 nitrogen and oxygen atoms in total. The summed E-state index contributed by atoms with van der Waals surface area (Å²) in [5.41, 5.74) is 3.78. The highest BCUT2D eigenvalue weighted by molar-refractivity contribution is 5.49. The van der Waals surface area contributed by atoms with E-state index in [1.165, 1.54) is 36.2 Å². The number of likely N-dealkylation sites (N-methyl/N-ethyl adjacent to an activating group) is 1. The summed E-state index contributed by atoms with van der Waals surface area (Å²) in [4.78, 5) is 2.37. The van der Waals surface area contributed by atoms with Gasteiger partial charge < -0.3 is 28.3 Å². The predicted molar refractivity (Wildman–Crippen MR) is 149 cm³/mol. The molecule has 6 heteroatoms. The van der Waals surface area contributed by atoms with Crippen LogP contribution in [0, 0.1) is 6.92 Å². The van der Waals surface area contributed by atoms with Gasteiger partial charge in [-0.25, -0.2) is 0 Å². The Bertz CT molecular complexity index is 801. The normalized spacial score (nSPS) is 11.7. The summed E-state index contributed by atoms with van der Waals surface area (Å²) in [6.07, 6.45) is 2.51. The maximum absolute atomic E-state index is 5.85. The maximum Gasteiger partial charge on any atom is 0.102 e. The Morgan fingerprint density at radius 2 is 1.31 bits per heavy atom. The van der Waals surface area contributed by atoms with Crippen LogP contribution in [0.25, 0.3) is 0 Å². The highest BCUT2D eigenvalue weighted by Crippen LogP contribution is 2.18. The second kappa shape index (κ2) is 18.3. The number of anilines is 1. The summed E-state index contributed by atoms with van der Waals surface area (Å²) in [7, 11) is 4.53. The largest absolute Gasteiger partial charge is 0.377 e. The third-order valence-corrected chi connectivity index (χ3v) is 6.16. The molecule has 2 aromatic rings. The van der Waals surface area contributed by atoms with Crippen LogP contribution in [0.5, 0.6) is 0 Å². The second-order valence-corrected chi connectivity index (χ2v) is 9.93. The van der Waals surface area contributed by atoms with Gasteiger partial charge in [-0.05, 0) is 36.6 Å². The molecule has 0 aliphatic carbocycles. The fraction of sp³-hybridized carbons (Fsp3) is 0.600. The molecule has 0 atom stereocenters. The van der Waals surface area contributed by atoms with Crippen LogP contribution in [-0.4, -0.2) is 91.1 Å². The molecule has 2 rings (SSSR count). The number of hydrogen-bond donors (Lipinski definition) is 0. The van der Waals surface area contributed by atoms with E-state index in [9.17, 15) is 0 Å². The lowest BCUT2D eigenvalue weighted by Crippen LogP contribution is -2.43. The summed E-state index contributed by atoms with van der Waals surface area (Å²) in [5.74, 6) is 0. The van der Waals surface area contributed by atoms with Gasteiger partial charge in [0, 0.05) is 18.8 Å². The first-order valence-electron chi connectivity index (χ1n) is 13.5. The number of hydrogen-bond acceptors (Lipinski definition) is 5. The average Bonchev–Trinajstić information content (AvgIpc) is 2.87. The van der Waals surface area contributed by atoms with E-state index in [0.29, 0.717) is 46.2 Å². The third kappa shape index (κ3) is 14.0. The van der Waals surface area contributed by atoms with Crippen molar-refractivity contribution in [2.24, 2.45) is 0 Å². The zero-order valence-corrected chi connectivity index (χ0v) is 23.1. The minimum atomic E-state index is 0.577. The molecule has 0 fully saturated rings. The molecule has 2 aromatic carbocycles. The Hall–Kier alpha value is -1.96. The first kappa shape index (κ1) is 30.3. The van der Waals surface area contributed by atoms with Gasteiger partial charge >= 0.3 is 0 Å². The summed E-state index contributed by atoms with van der Waals surface area (Å²) in [6.45, 7) is 13.3. The summed E-state index contributed by atoms with van der Waals surface area (Å²) >= 11 is 0. The summed E-state index contributed by atoms with van der Waals surface area (Å²) in [5, 5.41) is 0.